The highest BCUT2D eigenvalue weighted by Crippen LogP contribution is 2.07. The Bertz CT molecular complexity index is 314. The summed E-state index contributed by atoms with van der Waals surface area (Å²) in [5, 5.41) is 13.6. The lowest BCUT2D eigenvalue weighted by molar-refractivity contribution is -0.125. The van der Waals surface area contributed by atoms with Gasteiger partial charge in [0.25, 0.3) is 0 Å². The van der Waals surface area contributed by atoms with Crippen molar-refractivity contribution in [3.8, 4) is 0 Å². The van der Waals surface area contributed by atoms with Gasteiger partial charge in [-0.1, -0.05) is 6.07 Å². The zero-order chi connectivity index (χ0) is 12.0. The number of aliphatic hydroxyl groups is 1. The molecule has 0 fully saturated rings. The number of aliphatic hydroxyl groups excluding tert-OH is 1. The third-order valence-electron chi connectivity index (χ3n) is 2.51. The molecule has 0 aliphatic heterocycles. The minimum atomic E-state index is -0.216. The quantitative estimate of drug-likeness (QED) is 0.771. The molecule has 1 atom stereocenters. The summed E-state index contributed by atoms with van der Waals surface area (Å²) in [7, 11) is 1.83. The van der Waals surface area contributed by atoms with Crippen molar-refractivity contribution < 1.29 is 9.90 Å². The van der Waals surface area contributed by atoms with Gasteiger partial charge in [-0.3, -0.25) is 9.69 Å². The van der Waals surface area contributed by atoms with Crippen LogP contribution in [-0.2, 0) is 11.3 Å². The van der Waals surface area contributed by atoms with E-state index in [9.17, 15) is 4.79 Å². The van der Waals surface area contributed by atoms with E-state index in [-0.39, 0.29) is 18.6 Å². The average Bonchev–Trinajstić information content (AvgIpc) is 2.78. The number of hydrogen-bond donors (Lipinski definition) is 2. The number of nitrogens with zero attached hydrogens (tertiary/aromatic N) is 1. The van der Waals surface area contributed by atoms with E-state index in [0.29, 0.717) is 13.1 Å². The minimum absolute atomic E-state index is 0.00986. The predicted octanol–water partition coefficient (Wildman–Crippen LogP) is 0.677. The van der Waals surface area contributed by atoms with E-state index in [0.717, 1.165) is 4.88 Å². The van der Waals surface area contributed by atoms with Gasteiger partial charge in [0, 0.05) is 11.4 Å². The number of thiophene rings is 1. The van der Waals surface area contributed by atoms with Gasteiger partial charge in [-0.25, -0.2) is 0 Å². The number of rotatable bonds is 6. The SMILES string of the molecule is CC(C(=O)NCc1cccs1)N(C)CCO. The van der Waals surface area contributed by atoms with Crippen molar-refractivity contribution in [2.75, 3.05) is 20.2 Å². The van der Waals surface area contributed by atoms with E-state index in [1.165, 1.54) is 0 Å². The van der Waals surface area contributed by atoms with Crippen LogP contribution in [0.5, 0.6) is 0 Å². The lowest BCUT2D eigenvalue weighted by Crippen LogP contribution is -2.43. The van der Waals surface area contributed by atoms with Crippen LogP contribution in [-0.4, -0.2) is 42.2 Å². The molecule has 0 saturated carbocycles. The Morgan fingerprint density at radius 3 is 3.00 bits per heavy atom. The molecule has 0 aliphatic carbocycles. The summed E-state index contributed by atoms with van der Waals surface area (Å²) < 4.78 is 0. The van der Waals surface area contributed by atoms with Gasteiger partial charge in [0.1, 0.15) is 0 Å². The molecule has 0 bridgehead atoms. The number of amides is 1. The molecule has 2 N–H and O–H groups in total. The Morgan fingerprint density at radius 1 is 1.69 bits per heavy atom. The molecule has 1 amide bonds. The molecule has 0 saturated heterocycles. The van der Waals surface area contributed by atoms with Crippen molar-refractivity contribution >= 4 is 17.2 Å². The highest BCUT2D eigenvalue weighted by molar-refractivity contribution is 7.09. The van der Waals surface area contributed by atoms with Crippen molar-refractivity contribution in [1.82, 2.24) is 10.2 Å². The van der Waals surface area contributed by atoms with Gasteiger partial charge in [0.05, 0.1) is 19.2 Å². The predicted molar refractivity (Wildman–Crippen MR) is 65.3 cm³/mol. The zero-order valence-corrected chi connectivity index (χ0v) is 10.5. The maximum atomic E-state index is 11.7. The van der Waals surface area contributed by atoms with Crippen LogP contribution in [0.15, 0.2) is 17.5 Å². The number of hydrogen-bond acceptors (Lipinski definition) is 4. The fourth-order valence-corrected chi connectivity index (χ4v) is 1.93. The van der Waals surface area contributed by atoms with Crippen molar-refractivity contribution in [3.63, 3.8) is 0 Å². The first-order chi connectivity index (χ1) is 7.65. The third kappa shape index (κ3) is 3.92. The largest absolute Gasteiger partial charge is 0.395 e. The van der Waals surface area contributed by atoms with Gasteiger partial charge in [-0.15, -0.1) is 11.3 Å². The summed E-state index contributed by atoms with van der Waals surface area (Å²) in [6.07, 6.45) is 0. The van der Waals surface area contributed by atoms with E-state index >= 15 is 0 Å². The van der Waals surface area contributed by atoms with Gasteiger partial charge < -0.3 is 10.4 Å². The number of carbonyl (C=O) groups is 1. The first-order valence-corrected chi connectivity index (χ1v) is 6.14. The van der Waals surface area contributed by atoms with Crippen LogP contribution in [0, 0.1) is 0 Å². The van der Waals surface area contributed by atoms with Crippen molar-refractivity contribution in [2.24, 2.45) is 0 Å². The Hall–Kier alpha value is -0.910. The fraction of sp³-hybridized carbons (Fsp3) is 0.545. The van der Waals surface area contributed by atoms with E-state index < -0.39 is 0 Å². The molecule has 0 aromatic carbocycles. The standard InChI is InChI=1S/C11H18N2O2S/c1-9(13(2)5-6-14)11(15)12-8-10-4-3-7-16-10/h3-4,7,9,14H,5-6,8H2,1-2H3,(H,12,15). The first kappa shape index (κ1) is 13.2. The molecule has 16 heavy (non-hydrogen) atoms. The van der Waals surface area contributed by atoms with Gasteiger partial charge in [-0.05, 0) is 25.4 Å². The van der Waals surface area contributed by atoms with Crippen LogP contribution in [0.3, 0.4) is 0 Å². The Labute approximate surface area is 99.9 Å². The molecule has 4 nitrogen and oxygen atoms in total. The van der Waals surface area contributed by atoms with Gasteiger partial charge in [0.2, 0.25) is 5.91 Å². The molecule has 90 valence electrons. The van der Waals surface area contributed by atoms with E-state index in [1.54, 1.807) is 11.3 Å². The lowest BCUT2D eigenvalue weighted by atomic mass is 10.2. The first-order valence-electron chi connectivity index (χ1n) is 5.26. The van der Waals surface area contributed by atoms with Gasteiger partial charge >= 0.3 is 0 Å². The number of carbonyl (C=O) groups excluding carboxylic acids is 1. The summed E-state index contributed by atoms with van der Waals surface area (Å²) in [6, 6.07) is 3.74. The van der Waals surface area contributed by atoms with Gasteiger partial charge in [-0.2, -0.15) is 0 Å². The lowest BCUT2D eigenvalue weighted by Gasteiger charge is -2.22. The second kappa shape index (κ2) is 6.62. The smallest absolute Gasteiger partial charge is 0.237 e. The zero-order valence-electron chi connectivity index (χ0n) is 9.64. The molecule has 0 aliphatic rings. The van der Waals surface area contributed by atoms with Crippen molar-refractivity contribution in [3.05, 3.63) is 22.4 Å². The molecule has 1 aromatic rings. The summed E-state index contributed by atoms with van der Waals surface area (Å²) in [5.41, 5.74) is 0. The molecular formula is C11H18N2O2S. The van der Waals surface area contributed by atoms with Crippen LogP contribution in [0.1, 0.15) is 11.8 Å². The van der Waals surface area contributed by atoms with Gasteiger partial charge in [0.15, 0.2) is 0 Å². The summed E-state index contributed by atoms with van der Waals surface area (Å²) in [6.45, 7) is 2.99. The van der Waals surface area contributed by atoms with Crippen LogP contribution in [0.25, 0.3) is 0 Å². The maximum absolute atomic E-state index is 11.7. The van der Waals surface area contributed by atoms with Crippen molar-refractivity contribution in [2.45, 2.75) is 19.5 Å². The van der Waals surface area contributed by atoms with E-state index in [2.05, 4.69) is 5.32 Å². The molecule has 0 spiro atoms. The second-order valence-corrected chi connectivity index (χ2v) is 4.71. The second-order valence-electron chi connectivity index (χ2n) is 3.68. The summed E-state index contributed by atoms with van der Waals surface area (Å²) in [4.78, 5) is 14.7. The van der Waals surface area contributed by atoms with Crippen LogP contribution in [0.2, 0.25) is 0 Å². The number of likely N-dealkylation sites (N-methyl/N-ethyl adjacent to an activating group) is 1. The Kier molecular flexibility index (Phi) is 5.45. The average molecular weight is 242 g/mol. The minimum Gasteiger partial charge on any atom is -0.395 e. The number of nitrogens with one attached hydrogen (secondary N) is 1. The summed E-state index contributed by atoms with van der Waals surface area (Å²) in [5.74, 6) is -0.00986. The normalized spacial score (nSPS) is 12.8. The maximum Gasteiger partial charge on any atom is 0.237 e. The molecule has 1 rings (SSSR count). The van der Waals surface area contributed by atoms with E-state index in [4.69, 9.17) is 5.11 Å². The topological polar surface area (TPSA) is 52.6 Å². The highest BCUT2D eigenvalue weighted by atomic mass is 32.1. The molecule has 1 unspecified atom stereocenters. The molecule has 1 heterocycles. The van der Waals surface area contributed by atoms with E-state index in [1.807, 2.05) is 36.4 Å². The third-order valence-corrected chi connectivity index (χ3v) is 3.39. The molecular weight excluding hydrogens is 224 g/mol. The monoisotopic (exact) mass is 242 g/mol. The van der Waals surface area contributed by atoms with Crippen LogP contribution in [0.4, 0.5) is 0 Å². The molecule has 5 heteroatoms. The van der Waals surface area contributed by atoms with Crippen LogP contribution >= 0.6 is 11.3 Å². The Balaban J connectivity index is 2.34. The van der Waals surface area contributed by atoms with Crippen molar-refractivity contribution in [1.29, 1.82) is 0 Å². The molecule has 1 aromatic heterocycles. The van der Waals surface area contributed by atoms with Crippen LogP contribution < -0.4 is 5.32 Å². The molecule has 0 radical (unpaired) electrons. The summed E-state index contributed by atoms with van der Waals surface area (Å²) >= 11 is 1.63. The fourth-order valence-electron chi connectivity index (χ4n) is 1.29. The highest BCUT2D eigenvalue weighted by Gasteiger charge is 2.16. The Morgan fingerprint density at radius 2 is 2.44 bits per heavy atom.